The number of hydrogen-bond donors (Lipinski definition) is 0. The van der Waals surface area contributed by atoms with Gasteiger partial charge in [0.15, 0.2) is 0 Å². The molecule has 49 heavy (non-hydrogen) atoms. The van der Waals surface area contributed by atoms with Gasteiger partial charge in [0.1, 0.15) is 17.0 Å². The molecular weight excluding hydrogens is 599 g/mol. The molecule has 11 aromatic rings. The van der Waals surface area contributed by atoms with Crippen LogP contribution >= 0.6 is 0 Å². The van der Waals surface area contributed by atoms with E-state index in [9.17, 15) is 0 Å². The van der Waals surface area contributed by atoms with Crippen LogP contribution in [0.15, 0.2) is 168 Å². The number of benzene rings is 8. The average molecular weight is 626 g/mol. The molecule has 4 nitrogen and oxygen atoms in total. The lowest BCUT2D eigenvalue weighted by molar-refractivity contribution is 0.669. The predicted octanol–water partition coefficient (Wildman–Crippen LogP) is 11.9. The first-order chi connectivity index (χ1) is 24.3. The van der Waals surface area contributed by atoms with E-state index in [4.69, 9.17) is 9.40 Å². The molecule has 0 unspecified atom stereocenters. The van der Waals surface area contributed by atoms with Crippen molar-refractivity contribution in [2.24, 2.45) is 0 Å². The highest BCUT2D eigenvalue weighted by Gasteiger charge is 2.20. The summed E-state index contributed by atoms with van der Waals surface area (Å²) < 4.78 is 11.1. The minimum absolute atomic E-state index is 0.869. The van der Waals surface area contributed by atoms with Crippen LogP contribution in [0.1, 0.15) is 0 Å². The Morgan fingerprint density at radius 1 is 0.429 bits per heavy atom. The lowest BCUT2D eigenvalue weighted by Crippen LogP contribution is -1.97. The van der Waals surface area contributed by atoms with E-state index >= 15 is 0 Å². The van der Waals surface area contributed by atoms with E-state index in [-0.39, 0.29) is 0 Å². The van der Waals surface area contributed by atoms with E-state index in [1.165, 1.54) is 49.4 Å². The summed E-state index contributed by atoms with van der Waals surface area (Å²) >= 11 is 0. The summed E-state index contributed by atoms with van der Waals surface area (Å²) in [4.78, 5) is 5.07. The molecule has 11 rings (SSSR count). The van der Waals surface area contributed by atoms with E-state index in [1.807, 2.05) is 12.1 Å². The molecule has 8 aromatic carbocycles. The van der Waals surface area contributed by atoms with Gasteiger partial charge in [0.25, 0.3) is 0 Å². The van der Waals surface area contributed by atoms with Crippen LogP contribution in [0.4, 0.5) is 0 Å². The molecule has 0 amide bonds. The van der Waals surface area contributed by atoms with Gasteiger partial charge in [-0.25, -0.2) is 4.98 Å². The molecule has 0 radical (unpaired) electrons. The number of imidazole rings is 1. The van der Waals surface area contributed by atoms with Gasteiger partial charge in [-0.3, -0.25) is 4.57 Å². The summed E-state index contributed by atoms with van der Waals surface area (Å²) in [5.41, 5.74) is 11.9. The van der Waals surface area contributed by atoms with E-state index in [0.717, 1.165) is 50.0 Å². The maximum Gasteiger partial charge on any atom is 0.145 e. The van der Waals surface area contributed by atoms with Crippen LogP contribution in [0.3, 0.4) is 0 Å². The molecule has 0 N–H and O–H groups in total. The van der Waals surface area contributed by atoms with E-state index < -0.39 is 0 Å². The fourth-order valence-electron chi connectivity index (χ4n) is 7.94. The van der Waals surface area contributed by atoms with Crippen molar-refractivity contribution in [3.05, 3.63) is 164 Å². The molecule has 0 saturated carbocycles. The van der Waals surface area contributed by atoms with Crippen molar-refractivity contribution in [3.8, 4) is 33.9 Å². The van der Waals surface area contributed by atoms with Gasteiger partial charge in [-0.2, -0.15) is 0 Å². The maximum atomic E-state index is 6.42. The van der Waals surface area contributed by atoms with Crippen molar-refractivity contribution in [3.63, 3.8) is 0 Å². The molecule has 3 heterocycles. The number of fused-ring (bicyclic) bond motifs is 4. The van der Waals surface area contributed by atoms with E-state index in [1.54, 1.807) is 0 Å². The Bertz CT molecular complexity index is 3040. The highest BCUT2D eigenvalue weighted by atomic mass is 16.3. The normalized spacial score (nSPS) is 12.1. The van der Waals surface area contributed by atoms with Crippen LogP contribution in [0.5, 0.6) is 0 Å². The van der Waals surface area contributed by atoms with Gasteiger partial charge in [-0.1, -0.05) is 97.1 Å². The third kappa shape index (κ3) is 3.77. The Kier molecular flexibility index (Phi) is 5.35. The second-order valence-corrected chi connectivity index (χ2v) is 12.8. The summed E-state index contributed by atoms with van der Waals surface area (Å²) in [6, 6.07) is 58.2. The molecule has 0 spiro atoms. The van der Waals surface area contributed by atoms with Crippen molar-refractivity contribution < 1.29 is 4.42 Å². The maximum absolute atomic E-state index is 6.42. The first-order valence-electron chi connectivity index (χ1n) is 16.6. The second-order valence-electron chi connectivity index (χ2n) is 12.8. The van der Waals surface area contributed by atoms with Crippen LogP contribution in [0, 0.1) is 0 Å². The number of furan rings is 1. The minimum Gasteiger partial charge on any atom is -0.456 e. The number of aromatic nitrogens is 3. The number of para-hydroxylation sites is 3. The standard InChI is InChI=1S/C45H27N3O/c1-3-10-29(11-4-1)45-46-37-15-7-8-16-38(37)48(45)32-20-25-42-36(27-32)35-26-30(19-24-41(35)49-42)33-22-23-40-44-34(33)21-18-28-12-9-17-39(43(28)44)47(40)31-13-5-2-6-14-31/h1-27H. The zero-order valence-corrected chi connectivity index (χ0v) is 26.3. The van der Waals surface area contributed by atoms with E-state index in [2.05, 4.69) is 161 Å². The molecule has 4 heteroatoms. The fraction of sp³-hybridized carbons (Fsp3) is 0. The summed E-state index contributed by atoms with van der Waals surface area (Å²) in [6.07, 6.45) is 0. The first kappa shape index (κ1) is 26.4. The van der Waals surface area contributed by atoms with Crippen LogP contribution in [-0.4, -0.2) is 14.1 Å². The average Bonchev–Trinajstić information content (AvgIpc) is 3.84. The van der Waals surface area contributed by atoms with Crippen molar-refractivity contribution in [1.29, 1.82) is 0 Å². The third-order valence-corrected chi connectivity index (χ3v) is 10.1. The summed E-state index contributed by atoms with van der Waals surface area (Å²) in [5, 5.41) is 7.30. The van der Waals surface area contributed by atoms with Crippen molar-refractivity contribution in [1.82, 2.24) is 14.1 Å². The van der Waals surface area contributed by atoms with Crippen LogP contribution < -0.4 is 0 Å². The molecule has 228 valence electrons. The highest BCUT2D eigenvalue weighted by Crippen LogP contribution is 2.43. The van der Waals surface area contributed by atoms with Crippen molar-refractivity contribution >= 4 is 65.6 Å². The zero-order chi connectivity index (χ0) is 32.1. The smallest absolute Gasteiger partial charge is 0.145 e. The molecular formula is C45H27N3O. The van der Waals surface area contributed by atoms with E-state index in [0.29, 0.717) is 0 Å². The SMILES string of the molecule is c1ccc(-c2nc3ccccc3n2-c2ccc3oc4ccc(-c5ccc6c7c5ccc5cccc(c57)n6-c5ccccc5)cc4c3c2)cc1. The van der Waals surface area contributed by atoms with Gasteiger partial charge in [0, 0.05) is 38.5 Å². The Labute approximate surface area is 281 Å². The van der Waals surface area contributed by atoms with Crippen LogP contribution in [-0.2, 0) is 0 Å². The van der Waals surface area contributed by atoms with Crippen LogP contribution in [0.25, 0.3) is 99.4 Å². The van der Waals surface area contributed by atoms with Crippen molar-refractivity contribution in [2.75, 3.05) is 0 Å². The monoisotopic (exact) mass is 625 g/mol. The second kappa shape index (κ2) is 9.93. The lowest BCUT2D eigenvalue weighted by atomic mass is 9.94. The Morgan fingerprint density at radius 3 is 2.04 bits per heavy atom. The quantitative estimate of drug-likeness (QED) is 0.182. The molecule has 0 fully saturated rings. The first-order valence-corrected chi connectivity index (χ1v) is 16.6. The van der Waals surface area contributed by atoms with Crippen LogP contribution in [0.2, 0.25) is 0 Å². The Hall–Kier alpha value is -6.65. The molecule has 0 aliphatic heterocycles. The number of nitrogens with zero attached hydrogens (tertiary/aromatic N) is 3. The van der Waals surface area contributed by atoms with Gasteiger partial charge in [0.2, 0.25) is 0 Å². The van der Waals surface area contributed by atoms with Gasteiger partial charge in [0.05, 0.1) is 22.1 Å². The molecule has 0 atom stereocenters. The highest BCUT2D eigenvalue weighted by molar-refractivity contribution is 6.26. The topological polar surface area (TPSA) is 35.9 Å². The predicted molar refractivity (Wildman–Crippen MR) is 202 cm³/mol. The van der Waals surface area contributed by atoms with Gasteiger partial charge in [-0.05, 0) is 88.6 Å². The zero-order valence-electron chi connectivity index (χ0n) is 26.3. The Morgan fingerprint density at radius 2 is 1.16 bits per heavy atom. The fourth-order valence-corrected chi connectivity index (χ4v) is 7.94. The summed E-state index contributed by atoms with van der Waals surface area (Å²) in [5.74, 6) is 0.919. The van der Waals surface area contributed by atoms with Gasteiger partial charge < -0.3 is 8.98 Å². The minimum atomic E-state index is 0.869. The lowest BCUT2D eigenvalue weighted by Gasteiger charge is -2.11. The number of rotatable bonds is 4. The van der Waals surface area contributed by atoms with Gasteiger partial charge >= 0.3 is 0 Å². The number of hydrogen-bond acceptors (Lipinski definition) is 2. The summed E-state index contributed by atoms with van der Waals surface area (Å²) in [6.45, 7) is 0. The largest absolute Gasteiger partial charge is 0.456 e. The molecule has 0 bridgehead atoms. The third-order valence-electron chi connectivity index (χ3n) is 10.1. The summed E-state index contributed by atoms with van der Waals surface area (Å²) in [7, 11) is 0. The Balaban J connectivity index is 1.13. The molecule has 0 aliphatic carbocycles. The molecule has 3 aromatic heterocycles. The molecule has 0 aliphatic rings. The van der Waals surface area contributed by atoms with Crippen molar-refractivity contribution in [2.45, 2.75) is 0 Å². The molecule has 0 saturated heterocycles. The van der Waals surface area contributed by atoms with Gasteiger partial charge in [-0.15, -0.1) is 0 Å².